The zero-order chi connectivity index (χ0) is 15.2. The summed E-state index contributed by atoms with van der Waals surface area (Å²) in [5, 5.41) is 3.97. The van der Waals surface area contributed by atoms with Crippen molar-refractivity contribution in [2.24, 2.45) is 0 Å². The molecule has 0 aromatic heterocycles. The number of nitrogens with one attached hydrogen (secondary N) is 1. The van der Waals surface area contributed by atoms with Crippen molar-refractivity contribution < 1.29 is 9.47 Å². The lowest BCUT2D eigenvalue weighted by atomic mass is 10.2. The van der Waals surface area contributed by atoms with Crippen LogP contribution < -0.4 is 14.8 Å². The molecular formula is C16H18ClNO2S. The third kappa shape index (κ3) is 3.77. The molecule has 2 aromatic carbocycles. The van der Waals surface area contributed by atoms with Crippen LogP contribution in [-0.2, 0) is 6.54 Å². The maximum atomic E-state index is 6.22. The highest BCUT2D eigenvalue weighted by atomic mass is 35.5. The summed E-state index contributed by atoms with van der Waals surface area (Å²) in [5.74, 6) is 1.20. The highest BCUT2D eigenvalue weighted by Crippen LogP contribution is 2.36. The third-order valence-electron chi connectivity index (χ3n) is 3.08. The standard InChI is InChI=1S/C16H18ClNO2S/c1-19-14-9-11(8-12(17)16(14)20-2)10-18-13-6-4-5-7-15(13)21-3/h4-9,18H,10H2,1-3H3. The number of thioether (sulfide) groups is 1. The first-order chi connectivity index (χ1) is 10.2. The van der Waals surface area contributed by atoms with Crippen molar-refractivity contribution in [3.63, 3.8) is 0 Å². The first kappa shape index (κ1) is 15.9. The third-order valence-corrected chi connectivity index (χ3v) is 4.16. The summed E-state index contributed by atoms with van der Waals surface area (Å²) in [7, 11) is 3.19. The first-order valence-electron chi connectivity index (χ1n) is 6.47. The van der Waals surface area contributed by atoms with Crippen molar-refractivity contribution in [2.45, 2.75) is 11.4 Å². The Morgan fingerprint density at radius 3 is 2.57 bits per heavy atom. The minimum Gasteiger partial charge on any atom is -0.493 e. The second kappa shape index (κ2) is 7.48. The molecule has 0 aliphatic heterocycles. The van der Waals surface area contributed by atoms with E-state index in [1.54, 1.807) is 26.0 Å². The van der Waals surface area contributed by atoms with Crippen molar-refractivity contribution in [3.05, 3.63) is 47.0 Å². The highest BCUT2D eigenvalue weighted by molar-refractivity contribution is 7.98. The van der Waals surface area contributed by atoms with Crippen molar-refractivity contribution in [1.29, 1.82) is 0 Å². The van der Waals surface area contributed by atoms with Gasteiger partial charge in [0.2, 0.25) is 0 Å². The zero-order valence-corrected chi connectivity index (χ0v) is 13.8. The fourth-order valence-corrected chi connectivity index (χ4v) is 2.95. The molecule has 1 N–H and O–H groups in total. The number of hydrogen-bond donors (Lipinski definition) is 1. The van der Waals surface area contributed by atoms with Crippen molar-refractivity contribution in [3.8, 4) is 11.5 Å². The molecule has 112 valence electrons. The Bertz CT molecular complexity index is 619. The smallest absolute Gasteiger partial charge is 0.179 e. The lowest BCUT2D eigenvalue weighted by Crippen LogP contribution is -2.02. The molecule has 5 heteroatoms. The van der Waals surface area contributed by atoms with Crippen LogP contribution in [0.2, 0.25) is 5.02 Å². The van der Waals surface area contributed by atoms with Crippen LogP contribution in [0.4, 0.5) is 5.69 Å². The predicted molar refractivity (Wildman–Crippen MR) is 90.1 cm³/mol. The summed E-state index contributed by atoms with van der Waals surface area (Å²) in [4.78, 5) is 1.21. The second-order valence-electron chi connectivity index (χ2n) is 4.37. The van der Waals surface area contributed by atoms with Gasteiger partial charge in [0, 0.05) is 17.1 Å². The minimum atomic E-state index is 0.548. The van der Waals surface area contributed by atoms with Crippen LogP contribution in [-0.4, -0.2) is 20.5 Å². The Balaban J connectivity index is 2.18. The van der Waals surface area contributed by atoms with Gasteiger partial charge in [-0.1, -0.05) is 23.7 Å². The second-order valence-corrected chi connectivity index (χ2v) is 5.62. The number of benzene rings is 2. The maximum Gasteiger partial charge on any atom is 0.179 e. The van der Waals surface area contributed by atoms with E-state index in [0.29, 0.717) is 23.1 Å². The van der Waals surface area contributed by atoms with Gasteiger partial charge in [0.1, 0.15) is 0 Å². The molecule has 0 saturated heterocycles. The number of para-hydroxylation sites is 1. The Kier molecular flexibility index (Phi) is 5.65. The van der Waals surface area contributed by atoms with E-state index in [-0.39, 0.29) is 0 Å². The van der Waals surface area contributed by atoms with Crippen LogP contribution in [0.25, 0.3) is 0 Å². The number of anilines is 1. The Morgan fingerprint density at radius 2 is 1.90 bits per heavy atom. The average Bonchev–Trinajstić information content (AvgIpc) is 2.52. The van der Waals surface area contributed by atoms with Crippen LogP contribution in [0.3, 0.4) is 0 Å². The topological polar surface area (TPSA) is 30.5 Å². The van der Waals surface area contributed by atoms with Gasteiger partial charge in [-0.3, -0.25) is 0 Å². The minimum absolute atomic E-state index is 0.548. The maximum absolute atomic E-state index is 6.22. The van der Waals surface area contributed by atoms with Gasteiger partial charge < -0.3 is 14.8 Å². The van der Waals surface area contributed by atoms with Gasteiger partial charge in [0.25, 0.3) is 0 Å². The summed E-state index contributed by atoms with van der Waals surface area (Å²) in [5.41, 5.74) is 2.14. The molecule has 0 aliphatic carbocycles. The average molecular weight is 324 g/mol. The van der Waals surface area contributed by atoms with Gasteiger partial charge in [-0.25, -0.2) is 0 Å². The van der Waals surface area contributed by atoms with Gasteiger partial charge in [-0.2, -0.15) is 0 Å². The van der Waals surface area contributed by atoms with Crippen LogP contribution in [0.1, 0.15) is 5.56 Å². The molecule has 0 radical (unpaired) electrons. The van der Waals surface area contributed by atoms with E-state index in [9.17, 15) is 0 Å². The highest BCUT2D eigenvalue weighted by Gasteiger charge is 2.11. The van der Waals surface area contributed by atoms with E-state index >= 15 is 0 Å². The molecule has 0 spiro atoms. The predicted octanol–water partition coefficient (Wildman–Crippen LogP) is 4.69. The molecule has 0 atom stereocenters. The monoisotopic (exact) mass is 323 g/mol. The van der Waals surface area contributed by atoms with Crippen molar-refractivity contribution in [1.82, 2.24) is 0 Å². The molecule has 0 fully saturated rings. The summed E-state index contributed by atoms with van der Waals surface area (Å²) < 4.78 is 10.6. The summed E-state index contributed by atoms with van der Waals surface area (Å²) in [6.07, 6.45) is 2.06. The van der Waals surface area contributed by atoms with Crippen LogP contribution in [0.15, 0.2) is 41.3 Å². The number of hydrogen-bond acceptors (Lipinski definition) is 4. The van der Waals surface area contributed by atoms with E-state index in [4.69, 9.17) is 21.1 Å². The summed E-state index contributed by atoms with van der Waals surface area (Å²) in [6.45, 7) is 0.664. The molecule has 2 rings (SSSR count). The largest absolute Gasteiger partial charge is 0.493 e. The molecule has 0 bridgehead atoms. The van der Waals surface area contributed by atoms with E-state index in [2.05, 4.69) is 23.7 Å². The van der Waals surface area contributed by atoms with Crippen LogP contribution >= 0.6 is 23.4 Å². The van der Waals surface area contributed by atoms with Gasteiger partial charge in [0.15, 0.2) is 11.5 Å². The normalized spacial score (nSPS) is 10.3. The zero-order valence-electron chi connectivity index (χ0n) is 12.3. The molecule has 0 heterocycles. The quantitative estimate of drug-likeness (QED) is 0.781. The molecule has 0 unspecified atom stereocenters. The number of halogens is 1. The molecule has 0 amide bonds. The molecule has 2 aromatic rings. The molecule has 3 nitrogen and oxygen atoms in total. The van der Waals surface area contributed by atoms with Crippen molar-refractivity contribution >= 4 is 29.1 Å². The Hall–Kier alpha value is -1.52. The van der Waals surface area contributed by atoms with Gasteiger partial charge >= 0.3 is 0 Å². The fraction of sp³-hybridized carbons (Fsp3) is 0.250. The fourth-order valence-electron chi connectivity index (χ4n) is 2.06. The van der Waals surface area contributed by atoms with Gasteiger partial charge in [-0.05, 0) is 36.1 Å². The van der Waals surface area contributed by atoms with E-state index in [1.807, 2.05) is 24.3 Å². The number of methoxy groups -OCH3 is 2. The molecule has 0 saturated carbocycles. The van der Waals surface area contributed by atoms with E-state index in [0.717, 1.165) is 11.3 Å². The first-order valence-corrected chi connectivity index (χ1v) is 8.07. The van der Waals surface area contributed by atoms with E-state index < -0.39 is 0 Å². The molecular weight excluding hydrogens is 306 g/mol. The van der Waals surface area contributed by atoms with Gasteiger partial charge in [0.05, 0.1) is 19.2 Å². The van der Waals surface area contributed by atoms with Gasteiger partial charge in [-0.15, -0.1) is 11.8 Å². The molecule has 21 heavy (non-hydrogen) atoms. The van der Waals surface area contributed by atoms with Crippen LogP contribution in [0.5, 0.6) is 11.5 Å². The van der Waals surface area contributed by atoms with Crippen LogP contribution in [0, 0.1) is 0 Å². The number of ether oxygens (including phenoxy) is 2. The van der Waals surface area contributed by atoms with E-state index in [1.165, 1.54) is 4.90 Å². The lowest BCUT2D eigenvalue weighted by Gasteiger charge is -2.14. The molecule has 0 aliphatic rings. The summed E-state index contributed by atoms with van der Waals surface area (Å²) >= 11 is 7.93. The van der Waals surface area contributed by atoms with Crippen molar-refractivity contribution in [2.75, 3.05) is 25.8 Å². The lowest BCUT2D eigenvalue weighted by molar-refractivity contribution is 0.355. The SMILES string of the molecule is COc1cc(CNc2ccccc2SC)cc(Cl)c1OC. The summed E-state index contributed by atoms with van der Waals surface area (Å²) in [6, 6.07) is 12.0. The Labute approximate surface area is 134 Å². The number of rotatable bonds is 6. The Morgan fingerprint density at radius 1 is 1.14 bits per heavy atom.